The van der Waals surface area contributed by atoms with Gasteiger partial charge in [-0.1, -0.05) is 12.1 Å². The predicted molar refractivity (Wildman–Crippen MR) is 103 cm³/mol. The SMILES string of the molecule is C=CCN1CCN(C2CCN(S(=O)(=O)c3cccc(OC)c3)CC2)C(=O)C1=O. The van der Waals surface area contributed by atoms with Gasteiger partial charge in [0.05, 0.1) is 12.0 Å². The third kappa shape index (κ3) is 3.90. The number of piperazine rings is 1. The molecular formula is C19H25N3O5S. The maximum atomic E-state index is 12.9. The molecule has 152 valence electrons. The van der Waals surface area contributed by atoms with Crippen LogP contribution in [0.1, 0.15) is 12.8 Å². The van der Waals surface area contributed by atoms with Gasteiger partial charge in [-0.2, -0.15) is 4.31 Å². The fourth-order valence-corrected chi connectivity index (χ4v) is 5.18. The van der Waals surface area contributed by atoms with Crippen LogP contribution in [0, 0.1) is 0 Å². The van der Waals surface area contributed by atoms with E-state index in [0.717, 1.165) is 0 Å². The van der Waals surface area contributed by atoms with Crippen molar-refractivity contribution >= 4 is 21.8 Å². The zero-order valence-electron chi connectivity index (χ0n) is 15.9. The van der Waals surface area contributed by atoms with Gasteiger partial charge in [0.25, 0.3) is 0 Å². The molecule has 2 aliphatic heterocycles. The molecule has 3 rings (SSSR count). The number of carbonyl (C=O) groups excluding carboxylic acids is 2. The van der Waals surface area contributed by atoms with Crippen molar-refractivity contribution in [1.82, 2.24) is 14.1 Å². The van der Waals surface area contributed by atoms with Crippen molar-refractivity contribution in [3.8, 4) is 5.75 Å². The van der Waals surface area contributed by atoms with Crippen LogP contribution in [0.25, 0.3) is 0 Å². The van der Waals surface area contributed by atoms with Gasteiger partial charge < -0.3 is 14.5 Å². The molecule has 0 unspecified atom stereocenters. The van der Waals surface area contributed by atoms with Gasteiger partial charge in [0.2, 0.25) is 10.0 Å². The number of piperidine rings is 1. The van der Waals surface area contributed by atoms with E-state index in [9.17, 15) is 18.0 Å². The van der Waals surface area contributed by atoms with Crippen LogP contribution < -0.4 is 4.74 Å². The number of nitrogens with zero attached hydrogens (tertiary/aromatic N) is 3. The number of amides is 2. The van der Waals surface area contributed by atoms with Crippen LogP contribution >= 0.6 is 0 Å². The lowest BCUT2D eigenvalue weighted by atomic mass is 10.0. The smallest absolute Gasteiger partial charge is 0.312 e. The minimum Gasteiger partial charge on any atom is -0.497 e. The first-order valence-electron chi connectivity index (χ1n) is 9.23. The van der Waals surface area contributed by atoms with Crippen LogP contribution in [-0.2, 0) is 19.6 Å². The fourth-order valence-electron chi connectivity index (χ4n) is 3.67. The van der Waals surface area contributed by atoms with Crippen LogP contribution in [0.5, 0.6) is 5.75 Å². The number of hydrogen-bond acceptors (Lipinski definition) is 5. The molecule has 1 aromatic rings. The van der Waals surface area contributed by atoms with Crippen molar-refractivity contribution in [2.24, 2.45) is 0 Å². The standard InChI is InChI=1S/C19H25N3O5S/c1-3-9-20-12-13-22(19(24)18(20)23)15-7-10-21(11-8-15)28(25,26)17-6-4-5-16(14-17)27-2/h3-6,14-15H,1,7-13H2,2H3. The largest absolute Gasteiger partial charge is 0.497 e. The van der Waals surface area contributed by atoms with E-state index in [1.54, 1.807) is 29.2 Å². The number of rotatable bonds is 6. The minimum atomic E-state index is -3.63. The molecule has 8 nitrogen and oxygen atoms in total. The second kappa shape index (κ2) is 8.32. The van der Waals surface area contributed by atoms with Crippen LogP contribution in [0.15, 0.2) is 41.8 Å². The number of carbonyl (C=O) groups is 2. The lowest BCUT2D eigenvalue weighted by molar-refractivity contribution is -0.157. The summed E-state index contributed by atoms with van der Waals surface area (Å²) in [4.78, 5) is 27.9. The molecule has 0 N–H and O–H groups in total. The van der Waals surface area contributed by atoms with E-state index in [2.05, 4.69) is 6.58 Å². The molecule has 2 heterocycles. The van der Waals surface area contributed by atoms with Crippen molar-refractivity contribution in [1.29, 1.82) is 0 Å². The maximum absolute atomic E-state index is 12.9. The molecule has 9 heteroatoms. The van der Waals surface area contributed by atoms with Gasteiger partial charge >= 0.3 is 11.8 Å². The molecule has 0 spiro atoms. The number of ether oxygens (including phenoxy) is 1. The third-order valence-corrected chi connectivity index (χ3v) is 7.13. The van der Waals surface area contributed by atoms with E-state index < -0.39 is 21.8 Å². The predicted octanol–water partition coefficient (Wildman–Crippen LogP) is 0.705. The average molecular weight is 407 g/mol. The molecule has 2 fully saturated rings. The topological polar surface area (TPSA) is 87.2 Å². The summed E-state index contributed by atoms with van der Waals surface area (Å²) in [7, 11) is -2.14. The van der Waals surface area contributed by atoms with Crippen LogP contribution in [0.4, 0.5) is 0 Å². The van der Waals surface area contributed by atoms with Crippen LogP contribution in [-0.4, -0.2) is 80.2 Å². The van der Waals surface area contributed by atoms with E-state index >= 15 is 0 Å². The number of hydrogen-bond donors (Lipinski definition) is 0. The van der Waals surface area contributed by atoms with E-state index in [-0.39, 0.29) is 10.9 Å². The summed E-state index contributed by atoms with van der Waals surface area (Å²) >= 11 is 0. The molecule has 2 saturated heterocycles. The van der Waals surface area contributed by atoms with Gasteiger partial charge in [0.1, 0.15) is 5.75 Å². The Morgan fingerprint density at radius 1 is 1.14 bits per heavy atom. The molecule has 0 aliphatic carbocycles. The zero-order valence-corrected chi connectivity index (χ0v) is 16.7. The molecule has 0 bridgehead atoms. The summed E-state index contributed by atoms with van der Waals surface area (Å²) in [6.45, 7) is 5.50. The van der Waals surface area contributed by atoms with Gasteiger partial charge in [-0.15, -0.1) is 6.58 Å². The highest BCUT2D eigenvalue weighted by atomic mass is 32.2. The highest BCUT2D eigenvalue weighted by Crippen LogP contribution is 2.26. The van der Waals surface area contributed by atoms with Crippen molar-refractivity contribution < 1.29 is 22.7 Å². The molecule has 1 aromatic carbocycles. The van der Waals surface area contributed by atoms with Gasteiger partial charge in [-0.05, 0) is 25.0 Å². The first kappa shape index (κ1) is 20.3. The van der Waals surface area contributed by atoms with Crippen molar-refractivity contribution in [3.05, 3.63) is 36.9 Å². The number of benzene rings is 1. The summed E-state index contributed by atoms with van der Waals surface area (Å²) in [5.41, 5.74) is 0. The summed E-state index contributed by atoms with van der Waals surface area (Å²) in [5, 5.41) is 0. The summed E-state index contributed by atoms with van der Waals surface area (Å²) in [5.74, 6) is -0.544. The van der Waals surface area contributed by atoms with Crippen LogP contribution in [0.3, 0.4) is 0 Å². The third-order valence-electron chi connectivity index (χ3n) is 5.23. The molecule has 0 atom stereocenters. The fraction of sp³-hybridized carbons (Fsp3) is 0.474. The Morgan fingerprint density at radius 3 is 2.50 bits per heavy atom. The highest BCUT2D eigenvalue weighted by molar-refractivity contribution is 7.89. The summed E-state index contributed by atoms with van der Waals surface area (Å²) < 4.78 is 32.3. The lowest BCUT2D eigenvalue weighted by Gasteiger charge is -2.41. The van der Waals surface area contributed by atoms with Gasteiger partial charge in [-0.25, -0.2) is 8.42 Å². The Hall–Kier alpha value is -2.39. The molecule has 28 heavy (non-hydrogen) atoms. The lowest BCUT2D eigenvalue weighted by Crippen LogP contribution is -2.59. The Bertz CT molecular complexity index is 862. The highest BCUT2D eigenvalue weighted by Gasteiger charge is 2.38. The van der Waals surface area contributed by atoms with E-state index in [1.807, 2.05) is 0 Å². The second-order valence-electron chi connectivity index (χ2n) is 6.85. The van der Waals surface area contributed by atoms with Gasteiger partial charge in [0.15, 0.2) is 0 Å². The Kier molecular flexibility index (Phi) is 6.04. The van der Waals surface area contributed by atoms with E-state index in [4.69, 9.17) is 4.74 Å². The molecule has 2 amide bonds. The Labute approximate surface area is 165 Å². The summed E-state index contributed by atoms with van der Waals surface area (Å²) in [6, 6.07) is 6.26. The minimum absolute atomic E-state index is 0.126. The van der Waals surface area contributed by atoms with E-state index in [1.165, 1.54) is 22.4 Å². The zero-order chi connectivity index (χ0) is 20.3. The van der Waals surface area contributed by atoms with Gasteiger partial charge in [-0.3, -0.25) is 9.59 Å². The summed E-state index contributed by atoms with van der Waals surface area (Å²) in [6.07, 6.45) is 2.61. The van der Waals surface area contributed by atoms with Crippen molar-refractivity contribution in [2.45, 2.75) is 23.8 Å². The van der Waals surface area contributed by atoms with Crippen molar-refractivity contribution in [3.63, 3.8) is 0 Å². The molecule has 0 aromatic heterocycles. The van der Waals surface area contributed by atoms with Gasteiger partial charge in [0, 0.05) is 44.8 Å². The van der Waals surface area contributed by atoms with Crippen molar-refractivity contribution in [2.75, 3.05) is 39.8 Å². The number of sulfonamides is 1. The Balaban J connectivity index is 1.65. The molecule has 0 radical (unpaired) electrons. The molecular weight excluding hydrogens is 382 g/mol. The first-order valence-corrected chi connectivity index (χ1v) is 10.7. The van der Waals surface area contributed by atoms with E-state index in [0.29, 0.717) is 51.3 Å². The monoisotopic (exact) mass is 407 g/mol. The normalized spacial score (nSPS) is 19.8. The molecule has 2 aliphatic rings. The molecule has 0 saturated carbocycles. The average Bonchev–Trinajstić information content (AvgIpc) is 2.72. The van der Waals surface area contributed by atoms with Crippen LogP contribution in [0.2, 0.25) is 0 Å². The first-order chi connectivity index (χ1) is 13.4. The maximum Gasteiger partial charge on any atom is 0.312 e. The second-order valence-corrected chi connectivity index (χ2v) is 8.79. The number of methoxy groups -OCH3 is 1. The quantitative estimate of drug-likeness (QED) is 0.512. The Morgan fingerprint density at radius 2 is 1.86 bits per heavy atom.